The van der Waals surface area contributed by atoms with Gasteiger partial charge in [0, 0.05) is 36.6 Å². The quantitative estimate of drug-likeness (QED) is 0.0607. The van der Waals surface area contributed by atoms with Crippen LogP contribution in [0.4, 0.5) is 0 Å². The molecular weight excluding hydrogens is 633 g/mol. The fourth-order valence-corrected chi connectivity index (χ4v) is 4.93. The Bertz CT molecular complexity index is 1610. The number of ketones is 1. The molecule has 1 unspecified atom stereocenters. The molecule has 0 radical (unpaired) electrons. The molecule has 1 aromatic heterocycles. The van der Waals surface area contributed by atoms with Gasteiger partial charge in [-0.15, -0.1) is 0 Å². The Labute approximate surface area is 273 Å². The van der Waals surface area contributed by atoms with Gasteiger partial charge in [0.25, 0.3) is 0 Å². The van der Waals surface area contributed by atoms with E-state index in [2.05, 4.69) is 50.9 Å². The van der Waals surface area contributed by atoms with Gasteiger partial charge in [-0.2, -0.15) is 17.7 Å². The third kappa shape index (κ3) is 11.1. The topological polar surface area (TPSA) is 210 Å². The number of hydrogen-bond acceptors (Lipinski definition) is 11. The van der Waals surface area contributed by atoms with Gasteiger partial charge < -0.3 is 31.7 Å². The Kier molecular flexibility index (Phi) is 13.9. The maximum atomic E-state index is 13.3. The molecule has 14 nitrogen and oxygen atoms in total. The molecule has 1 heterocycles. The van der Waals surface area contributed by atoms with Crippen LogP contribution in [0.5, 0.6) is 0 Å². The van der Waals surface area contributed by atoms with Gasteiger partial charge in [0.1, 0.15) is 0 Å². The number of aryl methyl sites for hydroxylation is 1. The normalized spacial score (nSPS) is 11.9. The second kappa shape index (κ2) is 17.6. The molecule has 3 aromatic rings. The maximum Gasteiger partial charge on any atom is 0.239 e. The number of thiol groups is 1. The smallest absolute Gasteiger partial charge is 0.239 e. The first-order valence-electron chi connectivity index (χ1n) is 14.4. The van der Waals surface area contributed by atoms with Crippen molar-refractivity contribution in [2.75, 3.05) is 51.6 Å². The molecule has 0 aliphatic heterocycles. The molecule has 8 N–H and O–H groups in total. The molecule has 248 valence electrons. The number of nitrogens with zero attached hydrogens (tertiary/aromatic N) is 2. The van der Waals surface area contributed by atoms with E-state index in [-0.39, 0.29) is 36.9 Å². The van der Waals surface area contributed by atoms with E-state index in [0.717, 1.165) is 17.0 Å². The number of carbonyl (C=O) groups excluding carboxylic acids is 3. The Balaban J connectivity index is 1.72. The van der Waals surface area contributed by atoms with Crippen LogP contribution in [0.2, 0.25) is 0 Å². The largest absolute Gasteiger partial charge is 0.395 e. The van der Waals surface area contributed by atoms with Crippen molar-refractivity contribution in [3.8, 4) is 16.9 Å². The lowest BCUT2D eigenvalue weighted by Gasteiger charge is -2.19. The molecule has 0 aliphatic carbocycles. The summed E-state index contributed by atoms with van der Waals surface area (Å²) in [7, 11) is -3.84. The molecular formula is C30H40N8O6S2. The van der Waals surface area contributed by atoms with E-state index in [1.54, 1.807) is 28.9 Å². The second-order valence-corrected chi connectivity index (χ2v) is 12.1. The van der Waals surface area contributed by atoms with Crippen LogP contribution in [0.15, 0.2) is 71.8 Å². The number of aromatic nitrogens is 2. The van der Waals surface area contributed by atoms with Gasteiger partial charge in [0.15, 0.2) is 5.78 Å². The lowest BCUT2D eigenvalue weighted by molar-refractivity contribution is -0.127. The molecule has 2 amide bonds. The zero-order valence-electron chi connectivity index (χ0n) is 25.5. The number of aliphatic hydroxyl groups excluding tert-OH is 1. The van der Waals surface area contributed by atoms with E-state index in [4.69, 9.17) is 10.2 Å². The summed E-state index contributed by atoms with van der Waals surface area (Å²) in [4.78, 5) is 37.5. The molecule has 3 rings (SSSR count). The SMILES string of the molecule is C=C(CS)NCC(=O)NCC(=O)NCC(=O)C(NCCNCCO)c1ccc(-c2cc(C)nn2-c2ccc(S(N)(=O)=O)cc2)cc1. The van der Waals surface area contributed by atoms with Gasteiger partial charge in [-0.25, -0.2) is 18.2 Å². The van der Waals surface area contributed by atoms with Crippen LogP contribution >= 0.6 is 12.6 Å². The summed E-state index contributed by atoms with van der Waals surface area (Å²) in [6.07, 6.45) is 0. The lowest BCUT2D eigenvalue weighted by atomic mass is 9.99. The van der Waals surface area contributed by atoms with Crippen LogP contribution in [0, 0.1) is 6.92 Å². The predicted molar refractivity (Wildman–Crippen MR) is 178 cm³/mol. The van der Waals surface area contributed by atoms with Crippen LogP contribution in [0.25, 0.3) is 16.9 Å². The van der Waals surface area contributed by atoms with Crippen molar-refractivity contribution in [3.05, 3.63) is 78.1 Å². The van der Waals surface area contributed by atoms with E-state index in [0.29, 0.717) is 42.3 Å². The average Bonchev–Trinajstić information content (AvgIpc) is 3.44. The van der Waals surface area contributed by atoms with Crippen molar-refractivity contribution in [2.24, 2.45) is 5.14 Å². The molecule has 16 heteroatoms. The van der Waals surface area contributed by atoms with E-state index in [9.17, 15) is 22.8 Å². The third-order valence-electron chi connectivity index (χ3n) is 6.64. The van der Waals surface area contributed by atoms with Gasteiger partial charge in [-0.05, 0) is 42.8 Å². The van der Waals surface area contributed by atoms with Crippen molar-refractivity contribution < 1.29 is 27.9 Å². The summed E-state index contributed by atoms with van der Waals surface area (Å²) < 4.78 is 25.0. The molecule has 0 spiro atoms. The first-order chi connectivity index (χ1) is 21.9. The zero-order valence-corrected chi connectivity index (χ0v) is 27.2. The summed E-state index contributed by atoms with van der Waals surface area (Å²) in [6.45, 7) is 6.21. The predicted octanol–water partition coefficient (Wildman–Crippen LogP) is -0.458. The van der Waals surface area contributed by atoms with Crippen LogP contribution < -0.4 is 31.7 Å². The number of hydrogen-bond donors (Lipinski definition) is 8. The number of amides is 2. The van der Waals surface area contributed by atoms with Gasteiger partial charge in [0.2, 0.25) is 21.8 Å². The monoisotopic (exact) mass is 672 g/mol. The summed E-state index contributed by atoms with van der Waals surface area (Å²) in [6, 6.07) is 14.5. The highest BCUT2D eigenvalue weighted by atomic mass is 32.2. The number of carbonyl (C=O) groups is 3. The van der Waals surface area contributed by atoms with Crippen molar-refractivity contribution in [2.45, 2.75) is 17.9 Å². The van der Waals surface area contributed by atoms with Gasteiger partial charge >= 0.3 is 0 Å². The number of sulfonamides is 1. The van der Waals surface area contributed by atoms with Crippen molar-refractivity contribution in [1.82, 2.24) is 36.4 Å². The molecule has 46 heavy (non-hydrogen) atoms. The molecule has 2 aromatic carbocycles. The zero-order chi connectivity index (χ0) is 33.7. The lowest BCUT2D eigenvalue weighted by Crippen LogP contribution is -2.44. The summed E-state index contributed by atoms with van der Waals surface area (Å²) in [5, 5.41) is 32.9. The molecule has 0 saturated carbocycles. The number of nitrogens with two attached hydrogens (primary N) is 1. The van der Waals surface area contributed by atoms with Crippen LogP contribution in [-0.2, 0) is 24.4 Å². The van der Waals surface area contributed by atoms with Crippen molar-refractivity contribution in [3.63, 3.8) is 0 Å². The fourth-order valence-electron chi connectivity index (χ4n) is 4.30. The number of benzene rings is 2. The maximum absolute atomic E-state index is 13.3. The van der Waals surface area contributed by atoms with Crippen LogP contribution in [0.1, 0.15) is 17.3 Å². The molecule has 0 fully saturated rings. The third-order valence-corrected chi connectivity index (χ3v) is 7.95. The van der Waals surface area contributed by atoms with Crippen LogP contribution in [0.3, 0.4) is 0 Å². The number of aliphatic hydroxyl groups is 1. The Hall–Kier alpha value is -4.06. The van der Waals surface area contributed by atoms with E-state index in [1.165, 1.54) is 12.1 Å². The average molecular weight is 673 g/mol. The minimum Gasteiger partial charge on any atom is -0.395 e. The highest BCUT2D eigenvalue weighted by Crippen LogP contribution is 2.26. The number of nitrogens with one attached hydrogen (secondary N) is 5. The molecule has 1 atom stereocenters. The fraction of sp³-hybridized carbons (Fsp3) is 0.333. The summed E-state index contributed by atoms with van der Waals surface area (Å²) >= 11 is 4.05. The Morgan fingerprint density at radius 1 is 0.957 bits per heavy atom. The highest BCUT2D eigenvalue weighted by molar-refractivity contribution is 7.89. The first-order valence-corrected chi connectivity index (χ1v) is 16.5. The molecule has 0 saturated heterocycles. The van der Waals surface area contributed by atoms with E-state index in [1.807, 2.05) is 25.1 Å². The van der Waals surface area contributed by atoms with Gasteiger partial charge in [0.05, 0.1) is 54.3 Å². The standard InChI is InChI=1S/C30H40N8O6S2/c1-20-15-26(38(37-20)24-7-9-25(10-8-24)46(31,43)44)22-3-5-23(6-4-22)30(33-12-11-32-13-14-39)27(40)16-35-29(42)18-36-28(41)17-34-21(2)19-45/h3-10,15,30,32-34,39,45H,2,11-14,16-19H2,1H3,(H,35,42)(H,36,41)(H2,31,43,44). The second-order valence-electron chi connectivity index (χ2n) is 10.2. The van der Waals surface area contributed by atoms with Gasteiger partial charge in [-0.3, -0.25) is 14.4 Å². The number of Topliss-reactive ketones (excluding diaryl/α,β-unsaturated/α-hetero) is 1. The van der Waals surface area contributed by atoms with E-state index < -0.39 is 27.9 Å². The Morgan fingerprint density at radius 3 is 2.20 bits per heavy atom. The van der Waals surface area contributed by atoms with Gasteiger partial charge in [-0.1, -0.05) is 30.8 Å². The number of primary sulfonamides is 1. The minimum absolute atomic E-state index is 0.00873. The first kappa shape index (κ1) is 36.4. The molecule has 0 aliphatic rings. The van der Waals surface area contributed by atoms with E-state index >= 15 is 0 Å². The number of rotatable bonds is 19. The van der Waals surface area contributed by atoms with Crippen LogP contribution in [-0.4, -0.2) is 92.5 Å². The summed E-state index contributed by atoms with van der Waals surface area (Å²) in [5.41, 5.74) is 4.16. The summed E-state index contributed by atoms with van der Waals surface area (Å²) in [5.74, 6) is -0.849. The van der Waals surface area contributed by atoms with Crippen molar-refractivity contribution >= 4 is 40.2 Å². The molecule has 0 bridgehead atoms. The van der Waals surface area contributed by atoms with Crippen molar-refractivity contribution in [1.29, 1.82) is 0 Å². The minimum atomic E-state index is -3.84. The Morgan fingerprint density at radius 2 is 1.59 bits per heavy atom. The highest BCUT2D eigenvalue weighted by Gasteiger charge is 2.21.